The van der Waals surface area contributed by atoms with Crippen LogP contribution < -0.4 is 9.80 Å². The van der Waals surface area contributed by atoms with Gasteiger partial charge in [0.2, 0.25) is 0 Å². The third-order valence-electron chi connectivity index (χ3n) is 14.1. The molecule has 6 aromatic carbocycles. The van der Waals surface area contributed by atoms with Gasteiger partial charge in [0.25, 0.3) is 0 Å². The molecule has 0 heterocycles. The molecule has 2 heteroatoms. The molecule has 0 saturated heterocycles. The van der Waals surface area contributed by atoms with Gasteiger partial charge in [-0.25, -0.2) is 0 Å². The molecule has 284 valence electrons. The van der Waals surface area contributed by atoms with Crippen molar-refractivity contribution in [2.24, 2.45) is 5.92 Å². The third-order valence-corrected chi connectivity index (χ3v) is 14.1. The summed E-state index contributed by atoms with van der Waals surface area (Å²) in [6.45, 7) is 9.66. The minimum absolute atomic E-state index is 0.0291. The Morgan fingerprint density at radius 2 is 1.28 bits per heavy atom. The Morgan fingerprint density at radius 1 is 0.569 bits per heavy atom. The van der Waals surface area contributed by atoms with E-state index >= 15 is 0 Å². The van der Waals surface area contributed by atoms with Crippen LogP contribution in [-0.4, -0.2) is 6.04 Å². The zero-order chi connectivity index (χ0) is 39.2. The standard InChI is InChI=1S/C56H50N2/c1-55(2)49-29-17-15-23-41(49)43-33-31-39(35-51(43)55)57(37-19-7-5-8-20-37)53-45-25-11-13-27-47(45)54(48-28-14-12-26-46(48)53)58(38-21-9-6-10-22-38)40-32-34-44-42-24-16-18-30-50(42)56(3,4)52(44)36-40/h5-13,15-21,23-27,29-36,38,42,50H,14,22,28H2,1-4H3. The van der Waals surface area contributed by atoms with Crippen LogP contribution in [-0.2, 0) is 17.3 Å². The zero-order valence-electron chi connectivity index (χ0n) is 34.0. The van der Waals surface area contributed by atoms with E-state index in [2.05, 4.69) is 214 Å². The first-order valence-corrected chi connectivity index (χ1v) is 21.3. The first kappa shape index (κ1) is 35.1. The maximum atomic E-state index is 2.70. The Morgan fingerprint density at radius 3 is 2.10 bits per heavy atom. The summed E-state index contributed by atoms with van der Waals surface area (Å²) in [5, 5.41) is 2.56. The average molecular weight is 751 g/mol. The number of nitrogens with zero attached hydrogens (tertiary/aromatic N) is 2. The Kier molecular flexibility index (Phi) is 7.99. The molecule has 0 saturated carbocycles. The Hall–Kier alpha value is -6.12. The summed E-state index contributed by atoms with van der Waals surface area (Å²) < 4.78 is 0. The van der Waals surface area contributed by atoms with E-state index in [1.54, 1.807) is 0 Å². The molecule has 3 atom stereocenters. The van der Waals surface area contributed by atoms with Crippen molar-refractivity contribution in [2.45, 2.75) is 69.7 Å². The SMILES string of the molecule is CC1(C)c2ccccc2-c2ccc(N(c3ccccc3)c3c4c(c(N(c5ccc6c(c5)C(C)(C)C5C=CC=CC65)C5C=CC=CC5)c5ccccc35)CCC=C4)cc21. The van der Waals surface area contributed by atoms with E-state index in [0.717, 1.165) is 24.9 Å². The number of allylic oxidation sites excluding steroid dienone is 7. The molecule has 2 nitrogen and oxygen atoms in total. The largest absolute Gasteiger partial charge is 0.333 e. The molecule has 5 aliphatic rings. The highest BCUT2D eigenvalue weighted by atomic mass is 15.2. The van der Waals surface area contributed by atoms with E-state index in [9.17, 15) is 0 Å². The molecular formula is C56H50N2. The average Bonchev–Trinajstić information content (AvgIpc) is 3.64. The lowest BCUT2D eigenvalue weighted by molar-refractivity contribution is 0.394. The molecule has 11 rings (SSSR count). The van der Waals surface area contributed by atoms with Crippen LogP contribution in [0.1, 0.15) is 79.8 Å². The molecule has 6 aromatic rings. The zero-order valence-corrected chi connectivity index (χ0v) is 34.0. The van der Waals surface area contributed by atoms with Gasteiger partial charge in [0.1, 0.15) is 0 Å². The second-order valence-corrected chi connectivity index (χ2v) is 17.9. The molecule has 3 unspecified atom stereocenters. The van der Waals surface area contributed by atoms with Crippen LogP contribution in [0.25, 0.3) is 28.0 Å². The van der Waals surface area contributed by atoms with Gasteiger partial charge in [0.05, 0.1) is 17.4 Å². The second kappa shape index (κ2) is 13.2. The number of para-hydroxylation sites is 1. The minimum Gasteiger partial charge on any atom is -0.333 e. The monoisotopic (exact) mass is 750 g/mol. The van der Waals surface area contributed by atoms with Crippen LogP contribution in [0.2, 0.25) is 0 Å². The molecule has 5 aliphatic carbocycles. The summed E-state index contributed by atoms with van der Waals surface area (Å²) in [4.78, 5) is 5.25. The highest BCUT2D eigenvalue weighted by Gasteiger charge is 2.45. The van der Waals surface area contributed by atoms with E-state index < -0.39 is 0 Å². The van der Waals surface area contributed by atoms with Gasteiger partial charge in [-0.2, -0.15) is 0 Å². The van der Waals surface area contributed by atoms with Gasteiger partial charge < -0.3 is 9.80 Å². The highest BCUT2D eigenvalue weighted by Crippen LogP contribution is 2.56. The van der Waals surface area contributed by atoms with Gasteiger partial charge in [-0.15, -0.1) is 0 Å². The van der Waals surface area contributed by atoms with Gasteiger partial charge in [-0.05, 0) is 106 Å². The number of fused-ring (bicyclic) bond motifs is 8. The van der Waals surface area contributed by atoms with Crippen LogP contribution in [0.15, 0.2) is 170 Å². The summed E-state index contributed by atoms with van der Waals surface area (Å²) in [6.07, 6.45) is 26.3. The van der Waals surface area contributed by atoms with Gasteiger partial charge >= 0.3 is 0 Å². The number of hydrogen-bond acceptors (Lipinski definition) is 2. The first-order chi connectivity index (χ1) is 28.3. The van der Waals surface area contributed by atoms with Crippen molar-refractivity contribution in [3.05, 3.63) is 203 Å². The molecule has 0 bridgehead atoms. The molecule has 58 heavy (non-hydrogen) atoms. The van der Waals surface area contributed by atoms with Crippen molar-refractivity contribution in [1.82, 2.24) is 0 Å². The summed E-state index contributed by atoms with van der Waals surface area (Å²) in [5.74, 6) is 0.894. The summed E-state index contributed by atoms with van der Waals surface area (Å²) in [5.41, 5.74) is 17.3. The van der Waals surface area contributed by atoms with Crippen LogP contribution in [0.5, 0.6) is 0 Å². The van der Waals surface area contributed by atoms with E-state index in [1.807, 2.05) is 0 Å². The van der Waals surface area contributed by atoms with E-state index in [4.69, 9.17) is 0 Å². The lowest BCUT2D eigenvalue weighted by Crippen LogP contribution is -2.32. The summed E-state index contributed by atoms with van der Waals surface area (Å²) >= 11 is 0. The molecule has 0 spiro atoms. The van der Waals surface area contributed by atoms with Crippen molar-refractivity contribution in [3.8, 4) is 11.1 Å². The molecular weight excluding hydrogens is 701 g/mol. The predicted molar refractivity (Wildman–Crippen MR) is 246 cm³/mol. The van der Waals surface area contributed by atoms with Crippen molar-refractivity contribution < 1.29 is 0 Å². The first-order valence-electron chi connectivity index (χ1n) is 21.3. The van der Waals surface area contributed by atoms with E-state index in [-0.39, 0.29) is 16.9 Å². The fraction of sp³-hybridized carbons (Fsp3) is 0.214. The molecule has 0 aromatic heterocycles. The van der Waals surface area contributed by atoms with Gasteiger partial charge in [0.15, 0.2) is 0 Å². The predicted octanol–water partition coefficient (Wildman–Crippen LogP) is 14.7. The third kappa shape index (κ3) is 5.17. The van der Waals surface area contributed by atoms with Crippen LogP contribution in [0.3, 0.4) is 0 Å². The molecule has 0 fully saturated rings. The van der Waals surface area contributed by atoms with Gasteiger partial charge in [0, 0.05) is 44.7 Å². The summed E-state index contributed by atoms with van der Waals surface area (Å²) in [6, 6.07) is 44.0. The van der Waals surface area contributed by atoms with Gasteiger partial charge in [-0.1, -0.05) is 167 Å². The molecule has 0 N–H and O–H groups in total. The van der Waals surface area contributed by atoms with Crippen molar-refractivity contribution in [1.29, 1.82) is 0 Å². The van der Waals surface area contributed by atoms with E-state index in [0.29, 0.717) is 11.8 Å². The molecule has 0 amide bonds. The number of rotatable bonds is 6. The maximum absolute atomic E-state index is 2.70. The lowest BCUT2D eigenvalue weighted by Gasteiger charge is -2.39. The quantitative estimate of drug-likeness (QED) is 0.156. The molecule has 0 radical (unpaired) electrons. The van der Waals surface area contributed by atoms with Crippen LogP contribution >= 0.6 is 0 Å². The van der Waals surface area contributed by atoms with Crippen LogP contribution in [0.4, 0.5) is 28.4 Å². The highest BCUT2D eigenvalue weighted by molar-refractivity contribution is 6.11. The smallest absolute Gasteiger partial charge is 0.0616 e. The van der Waals surface area contributed by atoms with Crippen molar-refractivity contribution in [2.75, 3.05) is 9.80 Å². The second-order valence-electron chi connectivity index (χ2n) is 17.9. The Labute approximate surface area is 343 Å². The van der Waals surface area contributed by atoms with Crippen molar-refractivity contribution >= 4 is 45.3 Å². The maximum Gasteiger partial charge on any atom is 0.0616 e. The molecule has 0 aliphatic heterocycles. The number of anilines is 5. The topological polar surface area (TPSA) is 6.48 Å². The van der Waals surface area contributed by atoms with Crippen molar-refractivity contribution in [3.63, 3.8) is 0 Å². The minimum atomic E-state index is -0.104. The fourth-order valence-electron chi connectivity index (χ4n) is 11.2. The Balaban J connectivity index is 1.16. The van der Waals surface area contributed by atoms with Crippen LogP contribution in [0, 0.1) is 5.92 Å². The number of hydrogen-bond donors (Lipinski definition) is 0. The van der Waals surface area contributed by atoms with E-state index in [1.165, 1.54) is 78.0 Å². The Bertz CT molecular complexity index is 2790. The lowest BCUT2D eigenvalue weighted by atomic mass is 9.74. The number of benzene rings is 6. The normalized spacial score (nSPS) is 21.0. The fourth-order valence-corrected chi connectivity index (χ4v) is 11.2. The summed E-state index contributed by atoms with van der Waals surface area (Å²) in [7, 11) is 0. The van der Waals surface area contributed by atoms with Gasteiger partial charge in [-0.3, -0.25) is 0 Å².